The highest BCUT2D eigenvalue weighted by Gasteiger charge is 2.38. The third kappa shape index (κ3) is 3.58. The average molecular weight is 321 g/mol. The number of thioether (sulfide) groups is 1. The number of anilines is 1. The molecule has 2 heterocycles. The number of amides is 1. The normalized spacial score (nSPS) is 19.4. The van der Waals surface area contributed by atoms with Crippen LogP contribution >= 0.6 is 11.8 Å². The van der Waals surface area contributed by atoms with Crippen LogP contribution in [-0.4, -0.2) is 33.1 Å². The summed E-state index contributed by atoms with van der Waals surface area (Å²) in [5, 5.41) is 3.36. The number of aryl methyl sites for hydroxylation is 1. The Morgan fingerprint density at radius 2 is 2.19 bits per heavy atom. The fourth-order valence-electron chi connectivity index (χ4n) is 2.20. The number of carbonyl (C=O) groups is 2. The van der Waals surface area contributed by atoms with Crippen LogP contribution in [0.25, 0.3) is 0 Å². The molecule has 0 aliphatic carbocycles. The van der Waals surface area contributed by atoms with E-state index in [2.05, 4.69) is 5.10 Å². The summed E-state index contributed by atoms with van der Waals surface area (Å²) in [4.78, 5) is 24.2. The van der Waals surface area contributed by atoms with Crippen LogP contribution < -0.4 is 4.90 Å². The van der Waals surface area contributed by atoms with Crippen molar-refractivity contribution in [3.63, 3.8) is 0 Å². The highest BCUT2D eigenvalue weighted by atomic mass is 32.2. The van der Waals surface area contributed by atoms with Gasteiger partial charge in [0.2, 0.25) is 5.91 Å². The summed E-state index contributed by atoms with van der Waals surface area (Å²) in [6.07, 6.45) is -4.31. The molecule has 1 atom stereocenters. The Bertz CT molecular complexity index is 571. The quantitative estimate of drug-likeness (QED) is 0.855. The molecule has 1 aliphatic heterocycles. The number of nitrogens with zero attached hydrogens (tertiary/aromatic N) is 3. The Balaban J connectivity index is 2.14. The van der Waals surface area contributed by atoms with Gasteiger partial charge in [0.1, 0.15) is 5.82 Å². The zero-order chi connectivity index (χ0) is 15.8. The maximum atomic E-state index is 12.6. The summed E-state index contributed by atoms with van der Waals surface area (Å²) >= 11 is 1.12. The van der Waals surface area contributed by atoms with Crippen LogP contribution in [0.1, 0.15) is 19.0 Å². The van der Waals surface area contributed by atoms with Crippen molar-refractivity contribution >= 4 is 28.6 Å². The van der Waals surface area contributed by atoms with E-state index in [9.17, 15) is 22.8 Å². The number of carbonyl (C=O) groups excluding carboxylic acids is 2. The molecule has 5 nitrogen and oxygen atoms in total. The molecular formula is C12H14F3N3O2S. The van der Waals surface area contributed by atoms with Crippen LogP contribution in [0.15, 0.2) is 6.07 Å². The molecule has 9 heteroatoms. The molecule has 1 amide bonds. The molecule has 1 aliphatic rings. The van der Waals surface area contributed by atoms with Gasteiger partial charge in [-0.1, -0.05) is 11.8 Å². The molecule has 2 rings (SSSR count). The first-order valence-electron chi connectivity index (χ1n) is 6.23. The summed E-state index contributed by atoms with van der Waals surface area (Å²) in [5.41, 5.74) is -1.02. The van der Waals surface area contributed by atoms with Crippen molar-refractivity contribution < 1.29 is 22.8 Å². The summed E-state index contributed by atoms with van der Waals surface area (Å²) in [6, 6.07) is 0.873. The molecule has 0 bridgehead atoms. The number of hydrogen-bond donors (Lipinski definition) is 0. The molecule has 0 aromatic carbocycles. The summed E-state index contributed by atoms with van der Waals surface area (Å²) in [7, 11) is 1.37. The number of hydrogen-bond acceptors (Lipinski definition) is 4. The van der Waals surface area contributed by atoms with Gasteiger partial charge in [-0.3, -0.25) is 19.2 Å². The first kappa shape index (κ1) is 15.9. The smallest absolute Gasteiger partial charge is 0.297 e. The summed E-state index contributed by atoms with van der Waals surface area (Å²) in [5.74, 6) is 0.320. The van der Waals surface area contributed by atoms with Crippen LogP contribution in [0, 0.1) is 5.92 Å². The zero-order valence-electron chi connectivity index (χ0n) is 11.5. The second-order valence-electron chi connectivity index (χ2n) is 4.89. The fraction of sp³-hybridized carbons (Fsp3) is 0.583. The molecule has 1 aromatic heterocycles. The van der Waals surface area contributed by atoms with Gasteiger partial charge in [-0.15, -0.1) is 0 Å². The second-order valence-corrected chi connectivity index (χ2v) is 6.08. The lowest BCUT2D eigenvalue weighted by atomic mass is 10.1. The number of alkyl halides is 3. The van der Waals surface area contributed by atoms with Gasteiger partial charge in [-0.05, 0) is 5.92 Å². The number of aromatic nitrogens is 2. The van der Waals surface area contributed by atoms with E-state index in [-0.39, 0.29) is 29.2 Å². The van der Waals surface area contributed by atoms with E-state index in [4.69, 9.17) is 0 Å². The van der Waals surface area contributed by atoms with E-state index >= 15 is 0 Å². The topological polar surface area (TPSA) is 55.2 Å². The minimum absolute atomic E-state index is 0.0409. The molecule has 1 aromatic rings. The molecule has 0 saturated carbocycles. The standard InChI is InChI=1S/C12H14F3N3O2S/c1-7(19)21-6-8-3-11(20)18(5-8)10-4-9(12(13,14)15)16-17(10)2/h4,8H,3,5-6H2,1-2H3. The Kier molecular flexibility index (Phi) is 4.31. The third-order valence-electron chi connectivity index (χ3n) is 3.15. The molecule has 1 saturated heterocycles. The van der Waals surface area contributed by atoms with Gasteiger partial charge < -0.3 is 0 Å². The number of halogens is 3. The van der Waals surface area contributed by atoms with E-state index < -0.39 is 11.9 Å². The molecule has 0 spiro atoms. The molecular weight excluding hydrogens is 307 g/mol. The lowest BCUT2D eigenvalue weighted by Gasteiger charge is -2.16. The highest BCUT2D eigenvalue weighted by molar-refractivity contribution is 8.13. The van der Waals surface area contributed by atoms with Crippen molar-refractivity contribution in [2.45, 2.75) is 19.5 Å². The van der Waals surface area contributed by atoms with Gasteiger partial charge >= 0.3 is 6.18 Å². The van der Waals surface area contributed by atoms with Gasteiger partial charge in [0.25, 0.3) is 0 Å². The lowest BCUT2D eigenvalue weighted by Crippen LogP contribution is -2.26. The molecule has 0 radical (unpaired) electrons. The highest BCUT2D eigenvalue weighted by Crippen LogP contribution is 2.33. The maximum Gasteiger partial charge on any atom is 0.435 e. The summed E-state index contributed by atoms with van der Waals surface area (Å²) < 4.78 is 39.0. The van der Waals surface area contributed by atoms with Crippen molar-refractivity contribution in [1.29, 1.82) is 0 Å². The van der Waals surface area contributed by atoms with Crippen molar-refractivity contribution in [3.8, 4) is 0 Å². The summed E-state index contributed by atoms with van der Waals surface area (Å²) in [6.45, 7) is 1.74. The average Bonchev–Trinajstić information content (AvgIpc) is 2.89. The SMILES string of the molecule is CC(=O)SCC1CC(=O)N(c2cc(C(F)(F)F)nn2C)C1. The predicted octanol–water partition coefficient (Wildman–Crippen LogP) is 2.07. The van der Waals surface area contributed by atoms with Crippen LogP contribution in [0.5, 0.6) is 0 Å². The van der Waals surface area contributed by atoms with E-state index in [1.165, 1.54) is 18.9 Å². The molecule has 1 fully saturated rings. The van der Waals surface area contributed by atoms with E-state index in [1.54, 1.807) is 0 Å². The van der Waals surface area contributed by atoms with E-state index in [0.717, 1.165) is 22.5 Å². The van der Waals surface area contributed by atoms with Crippen molar-refractivity contribution in [3.05, 3.63) is 11.8 Å². The Labute approximate surface area is 123 Å². The fourth-order valence-corrected chi connectivity index (χ4v) is 2.89. The molecule has 21 heavy (non-hydrogen) atoms. The second kappa shape index (κ2) is 5.70. The molecule has 1 unspecified atom stereocenters. The van der Waals surface area contributed by atoms with Gasteiger partial charge in [0.15, 0.2) is 10.8 Å². The first-order chi connectivity index (χ1) is 9.68. The Hall–Kier alpha value is -1.51. The van der Waals surface area contributed by atoms with E-state index in [0.29, 0.717) is 12.3 Å². The zero-order valence-corrected chi connectivity index (χ0v) is 12.3. The lowest BCUT2D eigenvalue weighted by molar-refractivity contribution is -0.141. The molecule has 0 N–H and O–H groups in total. The Morgan fingerprint density at radius 1 is 1.52 bits per heavy atom. The third-order valence-corrected chi connectivity index (χ3v) is 4.19. The minimum Gasteiger partial charge on any atom is -0.297 e. The van der Waals surface area contributed by atoms with E-state index in [1.807, 2.05) is 0 Å². The monoisotopic (exact) mass is 321 g/mol. The van der Waals surface area contributed by atoms with Crippen molar-refractivity contribution in [1.82, 2.24) is 9.78 Å². The van der Waals surface area contributed by atoms with Gasteiger partial charge in [-0.25, -0.2) is 0 Å². The molecule has 116 valence electrons. The van der Waals surface area contributed by atoms with Gasteiger partial charge in [0, 0.05) is 38.8 Å². The van der Waals surface area contributed by atoms with Gasteiger partial charge in [0.05, 0.1) is 0 Å². The first-order valence-corrected chi connectivity index (χ1v) is 7.22. The van der Waals surface area contributed by atoms with Crippen LogP contribution in [0.2, 0.25) is 0 Å². The van der Waals surface area contributed by atoms with Crippen molar-refractivity contribution in [2.75, 3.05) is 17.2 Å². The predicted molar refractivity (Wildman–Crippen MR) is 71.8 cm³/mol. The van der Waals surface area contributed by atoms with Crippen LogP contribution in [0.4, 0.5) is 19.0 Å². The minimum atomic E-state index is -4.54. The largest absolute Gasteiger partial charge is 0.435 e. The maximum absolute atomic E-state index is 12.6. The van der Waals surface area contributed by atoms with Crippen LogP contribution in [-0.2, 0) is 22.8 Å². The van der Waals surface area contributed by atoms with Gasteiger partial charge in [-0.2, -0.15) is 18.3 Å². The number of rotatable bonds is 3. The van der Waals surface area contributed by atoms with Crippen LogP contribution in [0.3, 0.4) is 0 Å². The Morgan fingerprint density at radius 3 is 2.71 bits per heavy atom. The van der Waals surface area contributed by atoms with Crippen molar-refractivity contribution in [2.24, 2.45) is 13.0 Å².